The fourth-order valence-corrected chi connectivity index (χ4v) is 9.09. The summed E-state index contributed by atoms with van der Waals surface area (Å²) in [6.07, 6.45) is 83.0. The van der Waals surface area contributed by atoms with Crippen molar-refractivity contribution in [2.75, 3.05) is 13.2 Å². The average molecular weight is 1050 g/mol. The SMILES string of the molecule is CC/C=C\C/C=C\C/C=C\C/C=C\C/C=C\CCCCCCCCCCCCCC(=O)OCC(COC(=O)CCCCCCCCCCCCC)OC(=O)CCCCCCCCCCC/C=C\C/C=C\CCCCC. The van der Waals surface area contributed by atoms with E-state index in [9.17, 15) is 14.4 Å². The van der Waals surface area contributed by atoms with Crippen molar-refractivity contribution in [2.24, 2.45) is 0 Å². The molecule has 75 heavy (non-hydrogen) atoms. The Kier molecular flexibility index (Phi) is 60.3. The molecule has 1 unspecified atom stereocenters. The van der Waals surface area contributed by atoms with Crippen LogP contribution in [-0.2, 0) is 28.6 Å². The minimum absolute atomic E-state index is 0.0756. The predicted molar refractivity (Wildman–Crippen MR) is 325 cm³/mol. The molecule has 0 aliphatic carbocycles. The Morgan fingerprint density at radius 1 is 0.280 bits per heavy atom. The zero-order valence-corrected chi connectivity index (χ0v) is 49.6. The van der Waals surface area contributed by atoms with Gasteiger partial charge in [0.2, 0.25) is 0 Å². The zero-order valence-electron chi connectivity index (χ0n) is 49.6. The lowest BCUT2D eigenvalue weighted by Crippen LogP contribution is -2.30. The Morgan fingerprint density at radius 3 is 0.840 bits per heavy atom. The van der Waals surface area contributed by atoms with Gasteiger partial charge in [-0.25, -0.2) is 0 Å². The summed E-state index contributed by atoms with van der Waals surface area (Å²) in [7, 11) is 0. The van der Waals surface area contributed by atoms with Crippen LogP contribution in [0.5, 0.6) is 0 Å². The highest BCUT2D eigenvalue weighted by atomic mass is 16.6. The molecular formula is C69H120O6. The van der Waals surface area contributed by atoms with Crippen molar-refractivity contribution in [1.82, 2.24) is 0 Å². The van der Waals surface area contributed by atoms with Crippen molar-refractivity contribution in [3.63, 3.8) is 0 Å². The van der Waals surface area contributed by atoms with Crippen LogP contribution in [-0.4, -0.2) is 37.2 Å². The van der Waals surface area contributed by atoms with Crippen molar-refractivity contribution in [1.29, 1.82) is 0 Å². The summed E-state index contributed by atoms with van der Waals surface area (Å²) in [4.78, 5) is 38.3. The number of esters is 3. The van der Waals surface area contributed by atoms with E-state index in [1.807, 2.05) is 0 Å². The Hall–Kier alpha value is -3.41. The van der Waals surface area contributed by atoms with Gasteiger partial charge in [-0.3, -0.25) is 14.4 Å². The summed E-state index contributed by atoms with van der Waals surface area (Å²) in [6, 6.07) is 0. The fraction of sp³-hybridized carbons (Fsp3) is 0.754. The Balaban J connectivity index is 4.26. The molecule has 0 aliphatic heterocycles. The summed E-state index contributed by atoms with van der Waals surface area (Å²) in [5, 5.41) is 0. The highest BCUT2D eigenvalue weighted by Gasteiger charge is 2.19. The van der Waals surface area contributed by atoms with E-state index >= 15 is 0 Å². The molecule has 1 atom stereocenters. The number of ether oxygens (including phenoxy) is 3. The smallest absolute Gasteiger partial charge is 0.306 e. The first-order chi connectivity index (χ1) is 37.0. The number of hydrogen-bond acceptors (Lipinski definition) is 6. The molecule has 0 saturated heterocycles. The Morgan fingerprint density at radius 2 is 0.520 bits per heavy atom. The van der Waals surface area contributed by atoms with Crippen molar-refractivity contribution in [3.8, 4) is 0 Å². The predicted octanol–water partition coefficient (Wildman–Crippen LogP) is 21.9. The molecule has 0 saturated carbocycles. The van der Waals surface area contributed by atoms with Gasteiger partial charge in [0.05, 0.1) is 0 Å². The van der Waals surface area contributed by atoms with Crippen LogP contribution in [0.15, 0.2) is 85.1 Å². The molecule has 0 aromatic rings. The largest absolute Gasteiger partial charge is 0.462 e. The van der Waals surface area contributed by atoms with Gasteiger partial charge in [-0.05, 0) is 96.3 Å². The average Bonchev–Trinajstić information content (AvgIpc) is 3.41. The van der Waals surface area contributed by atoms with Gasteiger partial charge in [0.15, 0.2) is 6.10 Å². The minimum Gasteiger partial charge on any atom is -0.462 e. The van der Waals surface area contributed by atoms with Crippen molar-refractivity contribution < 1.29 is 28.6 Å². The maximum Gasteiger partial charge on any atom is 0.306 e. The van der Waals surface area contributed by atoms with Gasteiger partial charge in [-0.2, -0.15) is 0 Å². The van der Waals surface area contributed by atoms with Crippen LogP contribution >= 0.6 is 0 Å². The highest BCUT2D eigenvalue weighted by Crippen LogP contribution is 2.16. The zero-order chi connectivity index (χ0) is 54.3. The van der Waals surface area contributed by atoms with E-state index in [0.717, 1.165) is 96.3 Å². The number of hydrogen-bond donors (Lipinski definition) is 0. The normalized spacial score (nSPS) is 12.6. The van der Waals surface area contributed by atoms with E-state index < -0.39 is 6.10 Å². The van der Waals surface area contributed by atoms with Gasteiger partial charge in [0.1, 0.15) is 13.2 Å². The number of carbonyl (C=O) groups excluding carboxylic acids is 3. The Bertz CT molecular complexity index is 1430. The van der Waals surface area contributed by atoms with Crippen molar-refractivity contribution >= 4 is 17.9 Å². The topological polar surface area (TPSA) is 78.9 Å². The molecule has 0 aliphatic rings. The van der Waals surface area contributed by atoms with Gasteiger partial charge in [-0.15, -0.1) is 0 Å². The summed E-state index contributed by atoms with van der Waals surface area (Å²) in [6.45, 7) is 6.52. The molecule has 0 radical (unpaired) electrons. The van der Waals surface area contributed by atoms with Gasteiger partial charge < -0.3 is 14.2 Å². The van der Waals surface area contributed by atoms with Crippen LogP contribution in [0.1, 0.15) is 316 Å². The molecular weight excluding hydrogens is 925 g/mol. The number of carbonyl (C=O) groups is 3. The van der Waals surface area contributed by atoms with E-state index in [0.29, 0.717) is 19.3 Å². The second-order valence-electron chi connectivity index (χ2n) is 21.3. The second kappa shape index (κ2) is 63.1. The summed E-state index contributed by atoms with van der Waals surface area (Å²) >= 11 is 0. The van der Waals surface area contributed by atoms with Crippen LogP contribution in [0.2, 0.25) is 0 Å². The molecule has 0 fully saturated rings. The molecule has 6 nitrogen and oxygen atoms in total. The molecule has 0 amide bonds. The molecule has 0 aromatic carbocycles. The third-order valence-corrected chi connectivity index (χ3v) is 13.9. The molecule has 6 heteroatoms. The second-order valence-corrected chi connectivity index (χ2v) is 21.3. The minimum atomic E-state index is -0.778. The third kappa shape index (κ3) is 61.3. The molecule has 0 rings (SSSR count). The van der Waals surface area contributed by atoms with Crippen LogP contribution in [0, 0.1) is 0 Å². The van der Waals surface area contributed by atoms with Crippen molar-refractivity contribution in [2.45, 2.75) is 322 Å². The maximum absolute atomic E-state index is 12.9. The fourth-order valence-electron chi connectivity index (χ4n) is 9.09. The molecule has 0 spiro atoms. The van der Waals surface area contributed by atoms with E-state index in [1.165, 1.54) is 180 Å². The van der Waals surface area contributed by atoms with Crippen LogP contribution in [0.3, 0.4) is 0 Å². The van der Waals surface area contributed by atoms with Gasteiger partial charge in [0, 0.05) is 19.3 Å². The first-order valence-corrected chi connectivity index (χ1v) is 32.1. The summed E-state index contributed by atoms with van der Waals surface area (Å²) in [5.41, 5.74) is 0. The lowest BCUT2D eigenvalue weighted by Gasteiger charge is -2.18. The number of unbranched alkanes of at least 4 members (excludes halogenated alkanes) is 33. The van der Waals surface area contributed by atoms with Crippen LogP contribution in [0.25, 0.3) is 0 Å². The van der Waals surface area contributed by atoms with Crippen LogP contribution in [0.4, 0.5) is 0 Å². The summed E-state index contributed by atoms with van der Waals surface area (Å²) in [5.74, 6) is -0.871. The van der Waals surface area contributed by atoms with E-state index in [-0.39, 0.29) is 31.1 Å². The molecule has 0 bridgehead atoms. The van der Waals surface area contributed by atoms with Crippen LogP contribution < -0.4 is 0 Å². The standard InChI is InChI=1S/C69H120O6/c1-4-7-10-13-16-19-22-24-26-28-30-31-32-33-34-35-36-37-39-40-42-44-47-50-53-56-59-62-68(71)74-65-66(64-73-67(70)61-58-55-52-49-46-21-18-15-12-9-6-3)75-69(72)63-60-57-54-51-48-45-43-41-38-29-27-25-23-20-17-14-11-8-5-2/h7,10,16-17,19-20,24-27,30-31,33-34,66H,4-6,8-9,11-15,18,21-23,28-29,32,35-65H2,1-3H3/b10-7-,19-16-,20-17-,26-24-,27-25-,31-30-,34-33-. The lowest BCUT2D eigenvalue weighted by atomic mass is 10.0. The lowest BCUT2D eigenvalue weighted by molar-refractivity contribution is -0.167. The number of allylic oxidation sites excluding steroid dienone is 14. The first kappa shape index (κ1) is 71.6. The molecule has 432 valence electrons. The number of rotatable bonds is 58. The third-order valence-electron chi connectivity index (χ3n) is 13.9. The van der Waals surface area contributed by atoms with Crippen molar-refractivity contribution in [3.05, 3.63) is 85.1 Å². The first-order valence-electron chi connectivity index (χ1n) is 32.1. The van der Waals surface area contributed by atoms with Gasteiger partial charge in [-0.1, -0.05) is 286 Å². The molecule has 0 heterocycles. The van der Waals surface area contributed by atoms with E-state index in [2.05, 4.69) is 106 Å². The van der Waals surface area contributed by atoms with E-state index in [1.54, 1.807) is 0 Å². The Labute approximate surface area is 465 Å². The quantitative estimate of drug-likeness (QED) is 0.0261. The monoisotopic (exact) mass is 1040 g/mol. The van der Waals surface area contributed by atoms with Gasteiger partial charge >= 0.3 is 17.9 Å². The molecule has 0 N–H and O–H groups in total. The summed E-state index contributed by atoms with van der Waals surface area (Å²) < 4.78 is 16.9. The maximum atomic E-state index is 12.9. The van der Waals surface area contributed by atoms with E-state index in [4.69, 9.17) is 14.2 Å². The van der Waals surface area contributed by atoms with Gasteiger partial charge in [0.25, 0.3) is 0 Å². The molecule has 0 aromatic heterocycles. The highest BCUT2D eigenvalue weighted by molar-refractivity contribution is 5.71.